The van der Waals surface area contributed by atoms with E-state index in [1.165, 1.54) is 17.0 Å². The number of nitrogens with one attached hydrogen (secondary N) is 1. The maximum atomic E-state index is 13.3. The van der Waals surface area contributed by atoms with E-state index in [1.54, 1.807) is 6.92 Å². The Morgan fingerprint density at radius 3 is 2.82 bits per heavy atom. The van der Waals surface area contributed by atoms with Crippen LogP contribution in [0.2, 0.25) is 0 Å². The highest BCUT2D eigenvalue weighted by atomic mass is 79.9. The molecule has 1 aliphatic heterocycles. The van der Waals surface area contributed by atoms with Crippen LogP contribution in [0.5, 0.6) is 0 Å². The summed E-state index contributed by atoms with van der Waals surface area (Å²) in [6, 6.07) is 2.85. The van der Waals surface area contributed by atoms with Crippen molar-refractivity contribution in [3.05, 3.63) is 28.0 Å². The Morgan fingerprint density at radius 1 is 1.41 bits per heavy atom. The topological polar surface area (TPSA) is 49.4 Å². The van der Waals surface area contributed by atoms with E-state index in [2.05, 4.69) is 21.2 Å². The first kappa shape index (κ1) is 12.0. The summed E-state index contributed by atoms with van der Waals surface area (Å²) >= 11 is 3.07. The fraction of sp³-hybridized carbons (Fsp3) is 0.273. The van der Waals surface area contributed by atoms with Gasteiger partial charge in [0.2, 0.25) is 11.8 Å². The zero-order chi connectivity index (χ0) is 12.6. The Bertz CT molecular complexity index is 504. The van der Waals surface area contributed by atoms with Crippen LogP contribution < -0.4 is 10.2 Å². The zero-order valence-electron chi connectivity index (χ0n) is 9.09. The second-order valence-electron chi connectivity index (χ2n) is 3.81. The van der Waals surface area contributed by atoms with Crippen LogP contribution in [0.15, 0.2) is 16.6 Å². The van der Waals surface area contributed by atoms with Crippen molar-refractivity contribution in [3.63, 3.8) is 0 Å². The van der Waals surface area contributed by atoms with Gasteiger partial charge in [0.25, 0.3) is 0 Å². The molecule has 0 unspecified atom stereocenters. The number of benzene rings is 1. The molecule has 1 aromatic rings. The summed E-state index contributed by atoms with van der Waals surface area (Å²) in [5, 5.41) is 2.46. The molecule has 4 nitrogen and oxygen atoms in total. The highest BCUT2D eigenvalue weighted by Gasteiger charge is 2.26. The Kier molecular flexibility index (Phi) is 3.15. The summed E-state index contributed by atoms with van der Waals surface area (Å²) < 4.78 is 13.5. The van der Waals surface area contributed by atoms with Gasteiger partial charge in [-0.2, -0.15) is 0 Å². The van der Waals surface area contributed by atoms with Crippen LogP contribution in [0, 0.1) is 12.7 Å². The van der Waals surface area contributed by atoms with E-state index in [-0.39, 0.29) is 35.2 Å². The molecule has 0 bridgehead atoms. The van der Waals surface area contributed by atoms with Gasteiger partial charge < -0.3 is 10.2 Å². The van der Waals surface area contributed by atoms with Gasteiger partial charge >= 0.3 is 0 Å². The number of halogens is 2. The number of amides is 2. The van der Waals surface area contributed by atoms with Gasteiger partial charge in [-0.3, -0.25) is 9.59 Å². The van der Waals surface area contributed by atoms with Crippen LogP contribution in [0.3, 0.4) is 0 Å². The lowest BCUT2D eigenvalue weighted by atomic mass is 10.1. The summed E-state index contributed by atoms with van der Waals surface area (Å²) in [5.74, 6) is -0.809. The Balaban J connectivity index is 2.42. The van der Waals surface area contributed by atoms with Gasteiger partial charge in [-0.15, -0.1) is 0 Å². The van der Waals surface area contributed by atoms with Crippen LogP contribution in [-0.4, -0.2) is 24.9 Å². The average Bonchev–Trinajstić information content (AvgIpc) is 2.27. The molecule has 0 radical (unpaired) electrons. The predicted molar refractivity (Wildman–Crippen MR) is 64.2 cm³/mol. The first-order chi connectivity index (χ1) is 7.99. The largest absolute Gasteiger partial charge is 0.345 e. The molecule has 0 atom stereocenters. The lowest BCUT2D eigenvalue weighted by Gasteiger charge is -2.28. The van der Waals surface area contributed by atoms with E-state index < -0.39 is 0 Å². The number of piperazine rings is 1. The van der Waals surface area contributed by atoms with Gasteiger partial charge in [0.1, 0.15) is 12.4 Å². The third-order valence-electron chi connectivity index (χ3n) is 2.57. The number of nitrogens with zero attached hydrogens (tertiary/aromatic N) is 1. The van der Waals surface area contributed by atoms with Crippen molar-refractivity contribution in [2.24, 2.45) is 0 Å². The molecule has 0 saturated carbocycles. The number of anilines is 1. The predicted octanol–water partition coefficient (Wildman–Crippen LogP) is 1.36. The zero-order valence-corrected chi connectivity index (χ0v) is 10.7. The van der Waals surface area contributed by atoms with Crippen LogP contribution in [0.4, 0.5) is 10.1 Å². The molecule has 1 heterocycles. The molecule has 1 N–H and O–H groups in total. The molecule has 2 amide bonds. The molecule has 1 saturated heterocycles. The minimum atomic E-state index is -0.389. The molecular weight excluding hydrogens is 291 g/mol. The molecule has 0 aromatic heterocycles. The van der Waals surface area contributed by atoms with Gasteiger partial charge in [0.15, 0.2) is 0 Å². The molecule has 6 heteroatoms. The molecule has 1 fully saturated rings. The van der Waals surface area contributed by atoms with Gasteiger partial charge in [-0.05, 0) is 40.5 Å². The SMILES string of the molecule is Cc1cc(F)c(Br)cc1N1CC(=O)NCC1=O. The van der Waals surface area contributed by atoms with Crippen molar-refractivity contribution < 1.29 is 14.0 Å². The van der Waals surface area contributed by atoms with Gasteiger partial charge in [-0.25, -0.2) is 4.39 Å². The lowest BCUT2D eigenvalue weighted by Crippen LogP contribution is -2.52. The van der Waals surface area contributed by atoms with Crippen molar-refractivity contribution in [1.29, 1.82) is 0 Å². The summed E-state index contributed by atoms with van der Waals surface area (Å²) in [6.07, 6.45) is 0. The molecule has 17 heavy (non-hydrogen) atoms. The van der Waals surface area contributed by atoms with Crippen LogP contribution in [0.25, 0.3) is 0 Å². The first-order valence-electron chi connectivity index (χ1n) is 5.02. The second-order valence-corrected chi connectivity index (χ2v) is 4.66. The molecule has 0 aliphatic carbocycles. The highest BCUT2D eigenvalue weighted by Crippen LogP contribution is 2.27. The quantitative estimate of drug-likeness (QED) is 0.851. The van der Waals surface area contributed by atoms with E-state index in [4.69, 9.17) is 0 Å². The Labute approximate surface area is 106 Å². The van der Waals surface area contributed by atoms with Gasteiger partial charge in [-0.1, -0.05) is 0 Å². The summed E-state index contributed by atoms with van der Waals surface area (Å²) in [5.41, 5.74) is 1.17. The number of hydrogen-bond donors (Lipinski definition) is 1. The van der Waals surface area contributed by atoms with E-state index in [0.717, 1.165) is 0 Å². The Morgan fingerprint density at radius 2 is 2.12 bits per heavy atom. The molecule has 1 aliphatic rings. The number of rotatable bonds is 1. The van der Waals surface area contributed by atoms with E-state index in [9.17, 15) is 14.0 Å². The third-order valence-corrected chi connectivity index (χ3v) is 3.18. The molecule has 90 valence electrons. The van der Waals surface area contributed by atoms with Crippen molar-refractivity contribution in [2.45, 2.75) is 6.92 Å². The van der Waals surface area contributed by atoms with E-state index in [0.29, 0.717) is 11.3 Å². The van der Waals surface area contributed by atoms with Crippen molar-refractivity contribution in [1.82, 2.24) is 5.32 Å². The number of carbonyl (C=O) groups is 2. The van der Waals surface area contributed by atoms with Crippen LogP contribution in [-0.2, 0) is 9.59 Å². The lowest BCUT2D eigenvalue weighted by molar-refractivity contribution is -0.128. The summed E-state index contributed by atoms with van der Waals surface area (Å²) in [7, 11) is 0. The highest BCUT2D eigenvalue weighted by molar-refractivity contribution is 9.10. The van der Waals surface area contributed by atoms with E-state index >= 15 is 0 Å². The maximum absolute atomic E-state index is 13.3. The minimum absolute atomic E-state index is 0.0206. The van der Waals surface area contributed by atoms with Crippen LogP contribution in [0.1, 0.15) is 5.56 Å². The molecule has 1 aromatic carbocycles. The Hall–Kier alpha value is -1.43. The number of carbonyl (C=O) groups excluding carboxylic acids is 2. The monoisotopic (exact) mass is 300 g/mol. The first-order valence-corrected chi connectivity index (χ1v) is 5.81. The normalized spacial score (nSPS) is 16.1. The minimum Gasteiger partial charge on any atom is -0.345 e. The summed E-state index contributed by atoms with van der Waals surface area (Å²) in [6.45, 7) is 1.65. The molecule has 0 spiro atoms. The standard InChI is InChI=1S/C11H10BrFN2O2/c1-6-2-8(13)7(12)3-9(6)15-5-10(16)14-4-11(15)17/h2-3H,4-5H2,1H3,(H,14,16). The van der Waals surface area contributed by atoms with Gasteiger partial charge in [0, 0.05) is 5.69 Å². The average molecular weight is 301 g/mol. The maximum Gasteiger partial charge on any atom is 0.246 e. The fourth-order valence-electron chi connectivity index (χ4n) is 1.70. The van der Waals surface area contributed by atoms with Crippen molar-refractivity contribution in [2.75, 3.05) is 18.0 Å². The number of aryl methyl sites for hydroxylation is 1. The second kappa shape index (κ2) is 4.44. The summed E-state index contributed by atoms with van der Waals surface area (Å²) in [4.78, 5) is 24.3. The smallest absolute Gasteiger partial charge is 0.246 e. The van der Waals surface area contributed by atoms with Crippen LogP contribution >= 0.6 is 15.9 Å². The molecule has 2 rings (SSSR count). The molecular formula is C11H10BrFN2O2. The number of hydrogen-bond acceptors (Lipinski definition) is 2. The fourth-order valence-corrected chi connectivity index (χ4v) is 2.03. The van der Waals surface area contributed by atoms with E-state index in [1.807, 2.05) is 0 Å². The van der Waals surface area contributed by atoms with Crippen molar-refractivity contribution in [3.8, 4) is 0 Å². The third kappa shape index (κ3) is 2.31. The van der Waals surface area contributed by atoms with Gasteiger partial charge in [0.05, 0.1) is 11.0 Å². The van der Waals surface area contributed by atoms with Crippen molar-refractivity contribution >= 4 is 33.4 Å².